The third-order valence-corrected chi connectivity index (χ3v) is 10.0. The Morgan fingerprint density at radius 1 is 0.962 bits per heavy atom. The summed E-state index contributed by atoms with van der Waals surface area (Å²) in [4.78, 5) is 65.1. The Bertz CT molecular complexity index is 1750. The summed E-state index contributed by atoms with van der Waals surface area (Å²) >= 11 is 0. The molecule has 0 aliphatic rings. The van der Waals surface area contributed by atoms with E-state index in [0.717, 1.165) is 28.7 Å². The van der Waals surface area contributed by atoms with E-state index in [1.807, 2.05) is 30.3 Å². The third-order valence-electron chi connectivity index (χ3n) is 8.34. The lowest BCUT2D eigenvalue weighted by molar-refractivity contribution is -0.153. The number of ether oxygens (including phenoxy) is 1. The number of carboxylic acid groups (broad SMARTS) is 1. The molecule has 0 radical (unpaired) electrons. The molecule has 1 aromatic heterocycles. The second-order valence-corrected chi connectivity index (χ2v) is 20.8. The van der Waals surface area contributed by atoms with Crippen molar-refractivity contribution < 1.29 is 47.7 Å². The Hall–Kier alpha value is -4.89. The fraction of sp³-hybridized carbons (Fsp3) is 0.447. The molecule has 15 heteroatoms. The number of imide groups is 1. The van der Waals surface area contributed by atoms with Crippen LogP contribution < -0.4 is 10.6 Å². The van der Waals surface area contributed by atoms with Gasteiger partial charge in [-0.15, -0.1) is 0 Å². The van der Waals surface area contributed by atoms with E-state index in [1.54, 1.807) is 37.6 Å². The molecule has 1 heterocycles. The molecular weight excluding hydrogens is 707 g/mol. The van der Waals surface area contributed by atoms with Crippen molar-refractivity contribution in [3.05, 3.63) is 83.7 Å². The van der Waals surface area contributed by atoms with Crippen LogP contribution in [-0.4, -0.2) is 83.3 Å². The second kappa shape index (κ2) is 18.7. The van der Waals surface area contributed by atoms with Crippen LogP contribution in [0.2, 0.25) is 25.7 Å². The van der Waals surface area contributed by atoms with Crippen LogP contribution in [0.3, 0.4) is 0 Å². The molecule has 0 aliphatic heterocycles. The number of aromatic nitrogens is 1. The molecule has 0 saturated heterocycles. The summed E-state index contributed by atoms with van der Waals surface area (Å²) in [7, 11) is -1.56. The number of hydrogen-bond donors (Lipinski definition) is 4. The van der Waals surface area contributed by atoms with Crippen LogP contribution in [0.1, 0.15) is 57.3 Å². The summed E-state index contributed by atoms with van der Waals surface area (Å²) in [6, 6.07) is 12.4. The number of rotatable bonds is 17. The van der Waals surface area contributed by atoms with Crippen molar-refractivity contribution in [2.75, 3.05) is 19.8 Å². The first-order chi connectivity index (χ1) is 24.8. The maximum absolute atomic E-state index is 15.1. The molecule has 0 aliphatic carbocycles. The monoisotopic (exact) mass is 756 g/mol. The van der Waals surface area contributed by atoms with Crippen molar-refractivity contribution in [1.82, 2.24) is 20.1 Å². The van der Waals surface area contributed by atoms with E-state index < -0.39 is 86.4 Å². The van der Waals surface area contributed by atoms with E-state index >= 15 is 4.39 Å². The zero-order valence-corrected chi connectivity index (χ0v) is 32.1. The summed E-state index contributed by atoms with van der Waals surface area (Å²) in [6.07, 6.45) is -0.557. The van der Waals surface area contributed by atoms with Gasteiger partial charge in [0.2, 0.25) is 11.8 Å². The molecule has 0 bridgehead atoms. The average molecular weight is 757 g/mol. The normalized spacial score (nSPS) is 12.8. The number of halogens is 2. The average Bonchev–Trinajstić information content (AvgIpc) is 3.47. The van der Waals surface area contributed by atoms with Crippen molar-refractivity contribution in [3.8, 4) is 11.1 Å². The van der Waals surface area contributed by atoms with Gasteiger partial charge >= 0.3 is 12.1 Å². The van der Waals surface area contributed by atoms with Crippen molar-refractivity contribution in [1.29, 1.82) is 0 Å². The van der Waals surface area contributed by atoms with Crippen LogP contribution in [0, 0.1) is 17.0 Å². The van der Waals surface area contributed by atoms with E-state index in [2.05, 4.69) is 30.3 Å². The zero-order chi connectivity index (χ0) is 39.5. The minimum absolute atomic E-state index is 0.0346. The lowest BCUT2D eigenvalue weighted by Crippen LogP contribution is -2.51. The van der Waals surface area contributed by atoms with Gasteiger partial charge < -0.3 is 30.2 Å². The van der Waals surface area contributed by atoms with Crippen molar-refractivity contribution >= 4 is 37.9 Å². The quantitative estimate of drug-likeness (QED) is 0.127. The number of carboxylic acids is 1. The first-order valence-corrected chi connectivity index (χ1v) is 21.1. The summed E-state index contributed by atoms with van der Waals surface area (Å²) in [5.74, 6) is -4.93. The summed E-state index contributed by atoms with van der Waals surface area (Å²) in [5, 5.41) is 24.2. The molecule has 12 nitrogen and oxygen atoms in total. The molecule has 3 aromatic rings. The molecule has 0 unspecified atom stereocenters. The van der Waals surface area contributed by atoms with E-state index in [-0.39, 0.29) is 37.2 Å². The first kappa shape index (κ1) is 42.5. The van der Waals surface area contributed by atoms with Crippen LogP contribution in [0.4, 0.5) is 13.6 Å². The zero-order valence-electron chi connectivity index (χ0n) is 31.1. The van der Waals surface area contributed by atoms with Crippen LogP contribution in [0.25, 0.3) is 11.1 Å². The summed E-state index contributed by atoms with van der Waals surface area (Å²) < 4.78 is 36.5. The van der Waals surface area contributed by atoms with Gasteiger partial charge in [-0.25, -0.2) is 13.6 Å². The Labute approximate surface area is 309 Å². The Morgan fingerprint density at radius 2 is 1.64 bits per heavy atom. The summed E-state index contributed by atoms with van der Waals surface area (Å²) in [6.45, 7) is 10.6. The molecule has 2 atom stereocenters. The number of carbonyl (C=O) groups is 5. The van der Waals surface area contributed by atoms with Gasteiger partial charge in [0.15, 0.2) is 0 Å². The van der Waals surface area contributed by atoms with Gasteiger partial charge in [-0.1, -0.05) is 70.7 Å². The maximum Gasteiger partial charge on any atom is 0.407 e. The Morgan fingerprint density at radius 3 is 2.25 bits per heavy atom. The number of aliphatic carboxylic acids is 1. The first-order valence-electron chi connectivity index (χ1n) is 17.4. The SMILES string of the molecule is CC(C)(C)[C@H](c1cc(-c2cc(F)ccc2F)cn1Cc1ccccc1)N(C(=O)CO)C(=O)C[C@@H](CNC(=O)CCC(=O)O)NC(=O)OCC[Si](C)(C)C. The molecule has 288 valence electrons. The van der Waals surface area contributed by atoms with Crippen molar-refractivity contribution in [2.45, 2.75) is 84.3 Å². The molecule has 0 fully saturated rings. The van der Waals surface area contributed by atoms with Gasteiger partial charge in [0.25, 0.3) is 5.91 Å². The molecule has 0 spiro atoms. The molecular formula is C38H50F2N4O8Si. The summed E-state index contributed by atoms with van der Waals surface area (Å²) in [5.41, 5.74) is 0.565. The highest BCUT2D eigenvalue weighted by atomic mass is 28.3. The van der Waals surface area contributed by atoms with Gasteiger partial charge in [0.1, 0.15) is 18.2 Å². The highest BCUT2D eigenvalue weighted by Gasteiger charge is 2.41. The van der Waals surface area contributed by atoms with Gasteiger partial charge in [-0.2, -0.15) is 0 Å². The van der Waals surface area contributed by atoms with Crippen molar-refractivity contribution in [3.63, 3.8) is 0 Å². The standard InChI is InChI=1S/C38H50F2N4O8Si/c1-38(2,3)36(31-18-26(29-19-27(39)12-13-30(29)40)23-43(31)22-25-10-8-7-9-11-25)44(34(48)24-45)33(47)20-28(21-41-32(46)14-15-35(49)50)42-37(51)52-16-17-53(4,5)6/h7-13,18-19,23,28,36,45H,14-17,20-22,24H2,1-6H3,(H,41,46)(H,42,51)(H,49,50)/t28-,36-/m0/s1. The van der Waals surface area contributed by atoms with Crippen LogP contribution in [-0.2, 0) is 30.5 Å². The number of nitrogens with one attached hydrogen (secondary N) is 2. The smallest absolute Gasteiger partial charge is 0.407 e. The third kappa shape index (κ3) is 13.2. The fourth-order valence-electron chi connectivity index (χ4n) is 5.69. The Balaban J connectivity index is 2.07. The van der Waals surface area contributed by atoms with Crippen LogP contribution in [0.5, 0.6) is 0 Å². The number of alkyl carbamates (subject to hydrolysis) is 1. The Kier molecular flexibility index (Phi) is 15.0. The highest BCUT2D eigenvalue weighted by molar-refractivity contribution is 6.76. The highest BCUT2D eigenvalue weighted by Crippen LogP contribution is 2.41. The molecule has 2 aromatic carbocycles. The van der Waals surface area contributed by atoms with Crippen LogP contribution >= 0.6 is 0 Å². The second-order valence-electron chi connectivity index (χ2n) is 15.2. The van der Waals surface area contributed by atoms with Gasteiger partial charge in [0, 0.05) is 57.0 Å². The van der Waals surface area contributed by atoms with E-state index in [9.17, 15) is 33.5 Å². The molecule has 53 heavy (non-hydrogen) atoms. The van der Waals surface area contributed by atoms with Crippen LogP contribution in [0.15, 0.2) is 60.8 Å². The van der Waals surface area contributed by atoms with Gasteiger partial charge in [-0.3, -0.25) is 24.1 Å². The number of amides is 4. The van der Waals surface area contributed by atoms with Crippen molar-refractivity contribution in [2.24, 2.45) is 5.41 Å². The van der Waals surface area contributed by atoms with Gasteiger partial charge in [-0.05, 0) is 41.3 Å². The molecule has 3 rings (SSSR count). The topological polar surface area (TPSA) is 167 Å². The number of benzene rings is 2. The van der Waals surface area contributed by atoms with E-state index in [0.29, 0.717) is 11.7 Å². The minimum atomic E-state index is -1.56. The van der Waals surface area contributed by atoms with Gasteiger partial charge in [0.05, 0.1) is 25.1 Å². The van der Waals surface area contributed by atoms with E-state index in [4.69, 9.17) is 9.84 Å². The number of hydrogen-bond acceptors (Lipinski definition) is 7. The number of nitrogens with zero attached hydrogens (tertiary/aromatic N) is 2. The van der Waals surface area contributed by atoms with E-state index in [1.165, 1.54) is 0 Å². The number of carbonyl (C=O) groups excluding carboxylic acids is 4. The molecule has 4 amide bonds. The fourth-order valence-corrected chi connectivity index (χ4v) is 6.41. The lowest BCUT2D eigenvalue weighted by atomic mass is 9.82. The molecule has 0 saturated carbocycles. The largest absolute Gasteiger partial charge is 0.481 e. The number of aliphatic hydroxyl groups excluding tert-OH is 1. The number of aliphatic hydroxyl groups is 1. The minimum Gasteiger partial charge on any atom is -0.481 e. The predicted molar refractivity (Wildman–Crippen MR) is 197 cm³/mol. The lowest BCUT2D eigenvalue weighted by Gasteiger charge is -2.40. The molecule has 4 N–H and O–H groups in total. The predicted octanol–water partition coefficient (Wildman–Crippen LogP) is 5.72. The maximum atomic E-state index is 15.1.